The Balaban J connectivity index is 3.23. The zero-order valence-electron chi connectivity index (χ0n) is 4.78. The van der Waals surface area contributed by atoms with Crippen molar-refractivity contribution in [3.8, 4) is 0 Å². The maximum Gasteiger partial charge on any atom is 0.192 e. The van der Waals surface area contributed by atoms with Crippen LogP contribution in [0.1, 0.15) is 0 Å². The summed E-state index contributed by atoms with van der Waals surface area (Å²) < 4.78 is 8.50. The van der Waals surface area contributed by atoms with Crippen molar-refractivity contribution in [1.82, 2.24) is 9.97 Å². The van der Waals surface area contributed by atoms with Gasteiger partial charge in [0, 0.05) is 0 Å². The Kier molecular flexibility index (Phi) is 2.01. The minimum absolute atomic E-state index is 0.139. The van der Waals surface area contributed by atoms with Gasteiger partial charge in [0.2, 0.25) is 0 Å². The van der Waals surface area contributed by atoms with E-state index in [1.54, 1.807) is 0 Å². The van der Waals surface area contributed by atoms with Crippen LogP contribution in [-0.2, 0) is 0 Å². The van der Waals surface area contributed by atoms with Crippen molar-refractivity contribution < 1.29 is 0 Å². The molecule has 0 aromatic carbocycles. The average Bonchev–Trinajstić information content (AvgIpc) is 1.88. The Morgan fingerprint density at radius 2 is 2.40 bits per heavy atom. The van der Waals surface area contributed by atoms with Gasteiger partial charge in [0.1, 0.15) is 5.15 Å². The monoisotopic (exact) mass is 174 g/mol. The van der Waals surface area contributed by atoms with E-state index < -0.39 is 0 Å². The number of nitrogens with zero attached hydrogens (tertiary/aromatic N) is 3. The Labute approximate surface area is 66.0 Å². The molecular weight excluding hydrogens is 172 g/mol. The van der Waals surface area contributed by atoms with E-state index in [1.165, 1.54) is 6.20 Å². The molecule has 10 heavy (non-hydrogen) atoms. The fraction of sp³-hybridized carbons (Fsp3) is 0. The summed E-state index contributed by atoms with van der Waals surface area (Å²) in [5.41, 5.74) is 5.29. The molecule has 6 heteroatoms. The van der Waals surface area contributed by atoms with Gasteiger partial charge in [0.15, 0.2) is 10.8 Å². The van der Waals surface area contributed by atoms with E-state index >= 15 is 0 Å². The highest BCUT2D eigenvalue weighted by Gasteiger charge is 1.99. The van der Waals surface area contributed by atoms with Crippen molar-refractivity contribution in [2.45, 2.75) is 5.03 Å². The average molecular weight is 175 g/mol. The Morgan fingerprint density at radius 1 is 1.70 bits per heavy atom. The molecule has 4 nitrogen and oxygen atoms in total. The number of hydrogen-bond acceptors (Lipinski definition) is 4. The normalized spacial score (nSPS) is 9.20. The maximum absolute atomic E-state index is 8.50. The van der Waals surface area contributed by atoms with Crippen molar-refractivity contribution in [1.29, 1.82) is 4.61 Å². The highest BCUT2D eigenvalue weighted by atomic mass is 35.5. The summed E-state index contributed by atoms with van der Waals surface area (Å²) in [4.78, 5) is 7.33. The third-order valence-corrected chi connectivity index (χ3v) is 1.49. The molecule has 52 valence electrons. The second kappa shape index (κ2) is 2.79. The van der Waals surface area contributed by atoms with Crippen LogP contribution >= 0.6 is 23.0 Å². The molecule has 0 saturated carbocycles. The lowest BCUT2D eigenvalue weighted by Gasteiger charge is -1.92. The molecule has 1 aromatic rings. The summed E-state index contributed by atoms with van der Waals surface area (Å²) in [5.74, 6) is 0.139. The van der Waals surface area contributed by atoms with Gasteiger partial charge in [-0.15, -0.1) is 0 Å². The van der Waals surface area contributed by atoms with Crippen LogP contribution in [0.15, 0.2) is 11.2 Å². The molecule has 2 N–H and O–H groups in total. The molecule has 0 radical (unpaired) electrons. The summed E-state index contributed by atoms with van der Waals surface area (Å²) in [6.45, 7) is 0. The molecule has 0 atom stereocenters. The lowest BCUT2D eigenvalue weighted by molar-refractivity contribution is 1.07. The molecule has 0 bridgehead atoms. The van der Waals surface area contributed by atoms with Gasteiger partial charge in [0.05, 0.1) is 17.6 Å². The van der Waals surface area contributed by atoms with Gasteiger partial charge in [-0.3, -0.25) is 0 Å². The van der Waals surface area contributed by atoms with Crippen LogP contribution in [0.2, 0.25) is 5.15 Å². The second-order valence-electron chi connectivity index (χ2n) is 1.47. The van der Waals surface area contributed by atoms with E-state index in [1.807, 2.05) is 0 Å². The first kappa shape index (κ1) is 7.21. The number of anilines is 1. The standard InChI is InChI=1S/C4H3ClN4S/c5-2-1-8-4(10-7)3(6)9-2/h1H,(H2,6,9). The second-order valence-corrected chi connectivity index (χ2v) is 2.43. The van der Waals surface area contributed by atoms with Gasteiger partial charge in [-0.25, -0.2) is 9.97 Å². The molecule has 0 amide bonds. The third-order valence-electron chi connectivity index (χ3n) is 0.821. The van der Waals surface area contributed by atoms with Crippen molar-refractivity contribution in [3.63, 3.8) is 0 Å². The van der Waals surface area contributed by atoms with Crippen LogP contribution in [0.25, 0.3) is 0 Å². The number of hydrogen-bond donors (Lipinski definition) is 1. The zero-order chi connectivity index (χ0) is 7.56. The van der Waals surface area contributed by atoms with E-state index in [9.17, 15) is 0 Å². The summed E-state index contributed by atoms with van der Waals surface area (Å²) >= 11 is 5.88. The summed E-state index contributed by atoms with van der Waals surface area (Å²) in [6, 6.07) is 0. The number of rotatable bonds is 0. The number of nitrogens with two attached hydrogens (primary N) is 1. The first-order chi connectivity index (χ1) is 4.74. The molecule has 0 spiro atoms. The lowest BCUT2D eigenvalue weighted by Crippen LogP contribution is -1.93. The molecule has 0 aliphatic heterocycles. The first-order valence-corrected chi connectivity index (χ1v) is 3.48. The number of aromatic nitrogens is 2. The van der Waals surface area contributed by atoms with Crippen LogP contribution in [-0.4, -0.2) is 9.97 Å². The fourth-order valence-corrected chi connectivity index (χ4v) is 0.819. The molecular formula is C4H3ClN4S. The van der Waals surface area contributed by atoms with Crippen molar-refractivity contribution in [3.05, 3.63) is 11.3 Å². The first-order valence-electron chi connectivity index (χ1n) is 2.33. The molecule has 0 fully saturated rings. The molecule has 0 saturated heterocycles. The summed E-state index contributed by atoms with van der Waals surface area (Å²) in [6.07, 6.45) is 1.32. The molecule has 0 aliphatic rings. The van der Waals surface area contributed by atoms with Crippen molar-refractivity contribution >= 4 is 28.8 Å². The van der Waals surface area contributed by atoms with E-state index in [0.717, 1.165) is 0 Å². The fourth-order valence-electron chi connectivity index (χ4n) is 0.440. The van der Waals surface area contributed by atoms with Gasteiger partial charge in [-0.05, 0) is 0 Å². The van der Waals surface area contributed by atoms with Gasteiger partial charge in [-0.2, -0.15) is 4.61 Å². The van der Waals surface area contributed by atoms with Gasteiger partial charge in [-0.1, -0.05) is 11.6 Å². The van der Waals surface area contributed by atoms with Crippen LogP contribution in [0.4, 0.5) is 5.82 Å². The maximum atomic E-state index is 8.50. The van der Waals surface area contributed by atoms with Crippen molar-refractivity contribution in [2.75, 3.05) is 5.73 Å². The van der Waals surface area contributed by atoms with E-state index in [2.05, 4.69) is 9.97 Å². The molecule has 1 rings (SSSR count). The molecule has 0 aliphatic carbocycles. The highest BCUT2D eigenvalue weighted by molar-refractivity contribution is 7.85. The van der Waals surface area contributed by atoms with Gasteiger partial charge < -0.3 is 5.73 Å². The van der Waals surface area contributed by atoms with Crippen LogP contribution < -0.4 is 5.73 Å². The van der Waals surface area contributed by atoms with Gasteiger partial charge >= 0.3 is 0 Å². The number of nitrogen functional groups attached to an aromatic ring is 1. The smallest absolute Gasteiger partial charge is 0.192 e. The largest absolute Gasteiger partial charge is 0.381 e. The third kappa shape index (κ3) is 1.33. The quantitative estimate of drug-likeness (QED) is 0.643. The van der Waals surface area contributed by atoms with Crippen LogP contribution in [0.5, 0.6) is 0 Å². The van der Waals surface area contributed by atoms with E-state index in [0.29, 0.717) is 11.4 Å². The van der Waals surface area contributed by atoms with Gasteiger partial charge in [0.25, 0.3) is 0 Å². The Morgan fingerprint density at radius 3 is 2.90 bits per heavy atom. The predicted octanol–water partition coefficient (Wildman–Crippen LogP) is 1.28. The summed E-state index contributed by atoms with van der Waals surface area (Å²) in [5, 5.41) is 0.486. The molecule has 1 heterocycles. The lowest BCUT2D eigenvalue weighted by atomic mass is 10.7. The predicted molar refractivity (Wildman–Crippen MR) is 39.0 cm³/mol. The van der Waals surface area contributed by atoms with Crippen LogP contribution in [0, 0.1) is 4.61 Å². The zero-order valence-corrected chi connectivity index (χ0v) is 6.35. The van der Waals surface area contributed by atoms with E-state index in [-0.39, 0.29) is 16.0 Å². The minimum Gasteiger partial charge on any atom is -0.381 e. The SMILES string of the molecule is N#Sc1ncc(Cl)nc1N. The van der Waals surface area contributed by atoms with E-state index in [4.69, 9.17) is 21.9 Å². The molecule has 0 unspecified atom stereocenters. The minimum atomic E-state index is 0.139. The van der Waals surface area contributed by atoms with Crippen LogP contribution in [0.3, 0.4) is 0 Å². The number of halogens is 1. The summed E-state index contributed by atoms with van der Waals surface area (Å²) in [7, 11) is 0. The van der Waals surface area contributed by atoms with Crippen molar-refractivity contribution in [2.24, 2.45) is 0 Å². The Hall–Kier alpha value is -0.900. The highest BCUT2D eigenvalue weighted by Crippen LogP contribution is 2.13. The Bertz CT molecular complexity index is 294. The topological polar surface area (TPSA) is 75.6 Å². The molecule has 1 aromatic heterocycles.